The van der Waals surface area contributed by atoms with Crippen LogP contribution >= 0.6 is 0 Å². The Morgan fingerprint density at radius 1 is 1.40 bits per heavy atom. The van der Waals surface area contributed by atoms with Crippen molar-refractivity contribution in [3.05, 3.63) is 24.3 Å². The standard InChI is InChI=1S/C15H20N2O3/c1-4-6-13(15(3,17)14(16)18)20-12-9-7-11(8-10-12)19-5-2/h1,7-10,13H,5-6,17H2,2-3H3,(H2,16,18). The van der Waals surface area contributed by atoms with Gasteiger partial charge in [-0.25, -0.2) is 0 Å². The normalized spacial score (nSPS) is 14.7. The summed E-state index contributed by atoms with van der Waals surface area (Å²) in [6.45, 7) is 3.99. The SMILES string of the molecule is C#CCC(Oc1ccc(OCC)cc1)C(C)(N)C(N)=O. The third-order valence-electron chi connectivity index (χ3n) is 2.92. The fraction of sp³-hybridized carbons (Fsp3) is 0.400. The Morgan fingerprint density at radius 2 is 1.95 bits per heavy atom. The topological polar surface area (TPSA) is 87.6 Å². The van der Waals surface area contributed by atoms with Crippen LogP contribution in [0.1, 0.15) is 20.3 Å². The third-order valence-corrected chi connectivity index (χ3v) is 2.92. The molecule has 108 valence electrons. The van der Waals surface area contributed by atoms with Crippen molar-refractivity contribution in [2.75, 3.05) is 6.61 Å². The number of benzene rings is 1. The molecule has 5 heteroatoms. The Bertz CT molecular complexity index is 489. The fourth-order valence-corrected chi connectivity index (χ4v) is 1.59. The molecule has 2 unspecified atom stereocenters. The van der Waals surface area contributed by atoms with Crippen LogP contribution in [-0.2, 0) is 4.79 Å². The molecule has 0 aliphatic heterocycles. The van der Waals surface area contributed by atoms with Gasteiger partial charge in [0.05, 0.1) is 6.61 Å². The van der Waals surface area contributed by atoms with Crippen LogP contribution in [0, 0.1) is 12.3 Å². The molecule has 0 spiro atoms. The molecule has 0 radical (unpaired) electrons. The van der Waals surface area contributed by atoms with Gasteiger partial charge in [0.25, 0.3) is 0 Å². The molecule has 5 nitrogen and oxygen atoms in total. The van der Waals surface area contributed by atoms with Crippen molar-refractivity contribution >= 4 is 5.91 Å². The van der Waals surface area contributed by atoms with Gasteiger partial charge in [-0.2, -0.15) is 0 Å². The molecule has 0 heterocycles. The maximum Gasteiger partial charge on any atom is 0.241 e. The van der Waals surface area contributed by atoms with Gasteiger partial charge in [-0.1, -0.05) is 0 Å². The number of nitrogens with two attached hydrogens (primary N) is 2. The Kier molecular flexibility index (Phi) is 5.42. The van der Waals surface area contributed by atoms with E-state index in [2.05, 4.69) is 5.92 Å². The van der Waals surface area contributed by atoms with Crippen molar-refractivity contribution in [3.8, 4) is 23.8 Å². The highest BCUT2D eigenvalue weighted by atomic mass is 16.5. The Balaban J connectivity index is 2.86. The first-order valence-electron chi connectivity index (χ1n) is 6.33. The highest BCUT2D eigenvalue weighted by Crippen LogP contribution is 2.22. The Morgan fingerprint density at radius 3 is 2.40 bits per heavy atom. The number of rotatable bonds is 7. The summed E-state index contributed by atoms with van der Waals surface area (Å²) in [6.07, 6.45) is 4.78. The van der Waals surface area contributed by atoms with E-state index in [0.717, 1.165) is 5.75 Å². The number of ether oxygens (including phenoxy) is 2. The lowest BCUT2D eigenvalue weighted by molar-refractivity contribution is -0.125. The van der Waals surface area contributed by atoms with Gasteiger partial charge in [0.15, 0.2) is 0 Å². The van der Waals surface area contributed by atoms with E-state index >= 15 is 0 Å². The molecule has 0 saturated carbocycles. The van der Waals surface area contributed by atoms with Crippen LogP contribution < -0.4 is 20.9 Å². The van der Waals surface area contributed by atoms with Gasteiger partial charge >= 0.3 is 0 Å². The lowest BCUT2D eigenvalue weighted by atomic mass is 9.93. The van der Waals surface area contributed by atoms with E-state index in [1.54, 1.807) is 24.3 Å². The number of hydrogen-bond donors (Lipinski definition) is 2. The summed E-state index contributed by atoms with van der Waals surface area (Å²) in [5.74, 6) is 3.06. The number of hydrogen-bond acceptors (Lipinski definition) is 4. The maximum absolute atomic E-state index is 11.4. The number of primary amides is 1. The summed E-state index contributed by atoms with van der Waals surface area (Å²) < 4.78 is 11.0. The van der Waals surface area contributed by atoms with Crippen molar-refractivity contribution < 1.29 is 14.3 Å². The summed E-state index contributed by atoms with van der Waals surface area (Å²) >= 11 is 0. The van der Waals surface area contributed by atoms with Gasteiger partial charge in [-0.05, 0) is 38.1 Å². The highest BCUT2D eigenvalue weighted by molar-refractivity contribution is 5.84. The van der Waals surface area contributed by atoms with Crippen molar-refractivity contribution in [1.29, 1.82) is 0 Å². The molecule has 2 atom stereocenters. The quantitative estimate of drug-likeness (QED) is 0.729. The van der Waals surface area contributed by atoms with Gasteiger partial charge in [-0.3, -0.25) is 4.79 Å². The van der Waals surface area contributed by atoms with Crippen LogP contribution in [0.4, 0.5) is 0 Å². The molecule has 20 heavy (non-hydrogen) atoms. The molecular formula is C15H20N2O3. The van der Waals surface area contributed by atoms with E-state index in [9.17, 15) is 4.79 Å². The number of amides is 1. The molecule has 0 fully saturated rings. The van der Waals surface area contributed by atoms with Gasteiger partial charge in [0, 0.05) is 6.42 Å². The van der Waals surface area contributed by atoms with E-state index in [1.807, 2.05) is 6.92 Å². The van der Waals surface area contributed by atoms with E-state index in [4.69, 9.17) is 27.4 Å². The van der Waals surface area contributed by atoms with Crippen LogP contribution in [0.15, 0.2) is 24.3 Å². The van der Waals surface area contributed by atoms with E-state index < -0.39 is 17.6 Å². The first-order valence-corrected chi connectivity index (χ1v) is 6.33. The number of terminal acetylenes is 1. The largest absolute Gasteiger partial charge is 0.494 e. The second kappa shape index (κ2) is 6.83. The molecule has 4 N–H and O–H groups in total. The monoisotopic (exact) mass is 276 g/mol. The van der Waals surface area contributed by atoms with Crippen molar-refractivity contribution in [2.45, 2.75) is 31.9 Å². The molecule has 1 aromatic rings. The first-order chi connectivity index (χ1) is 9.41. The van der Waals surface area contributed by atoms with Crippen molar-refractivity contribution in [2.24, 2.45) is 11.5 Å². The Labute approximate surface area is 119 Å². The van der Waals surface area contributed by atoms with Crippen LogP contribution in [0.2, 0.25) is 0 Å². The van der Waals surface area contributed by atoms with Crippen LogP contribution in [0.5, 0.6) is 11.5 Å². The highest BCUT2D eigenvalue weighted by Gasteiger charge is 2.37. The molecule has 1 rings (SSSR count). The summed E-state index contributed by atoms with van der Waals surface area (Å²) in [5.41, 5.74) is 9.84. The minimum Gasteiger partial charge on any atom is -0.494 e. The minimum absolute atomic E-state index is 0.184. The third kappa shape index (κ3) is 3.90. The van der Waals surface area contributed by atoms with Gasteiger partial charge in [0.2, 0.25) is 5.91 Å². The zero-order valence-corrected chi connectivity index (χ0v) is 11.8. The van der Waals surface area contributed by atoms with E-state index in [-0.39, 0.29) is 6.42 Å². The average molecular weight is 276 g/mol. The molecular weight excluding hydrogens is 256 g/mol. The fourth-order valence-electron chi connectivity index (χ4n) is 1.59. The molecule has 1 aromatic carbocycles. The molecule has 0 aliphatic rings. The second-order valence-electron chi connectivity index (χ2n) is 4.57. The first kappa shape index (κ1) is 15.9. The lowest BCUT2D eigenvalue weighted by Gasteiger charge is -2.30. The van der Waals surface area contributed by atoms with Gasteiger partial charge in [0.1, 0.15) is 23.1 Å². The molecule has 0 saturated heterocycles. The summed E-state index contributed by atoms with van der Waals surface area (Å²) in [6, 6.07) is 6.99. The smallest absolute Gasteiger partial charge is 0.241 e. The average Bonchev–Trinajstić information content (AvgIpc) is 2.40. The van der Waals surface area contributed by atoms with Crippen LogP contribution in [-0.4, -0.2) is 24.2 Å². The van der Waals surface area contributed by atoms with Crippen molar-refractivity contribution in [1.82, 2.24) is 0 Å². The van der Waals surface area contributed by atoms with Crippen LogP contribution in [0.3, 0.4) is 0 Å². The zero-order chi connectivity index (χ0) is 15.2. The molecule has 0 aliphatic carbocycles. The predicted octanol–water partition coefficient (Wildman–Crippen LogP) is 1.06. The lowest BCUT2D eigenvalue weighted by Crippen LogP contribution is -2.59. The summed E-state index contributed by atoms with van der Waals surface area (Å²) in [7, 11) is 0. The number of carbonyl (C=O) groups is 1. The minimum atomic E-state index is -1.34. The van der Waals surface area contributed by atoms with Gasteiger partial charge in [-0.15, -0.1) is 12.3 Å². The molecule has 0 aromatic heterocycles. The van der Waals surface area contributed by atoms with E-state index in [0.29, 0.717) is 12.4 Å². The second-order valence-corrected chi connectivity index (χ2v) is 4.57. The summed E-state index contributed by atoms with van der Waals surface area (Å²) in [5, 5.41) is 0. The molecule has 0 bridgehead atoms. The maximum atomic E-state index is 11.4. The Hall–Kier alpha value is -2.19. The zero-order valence-electron chi connectivity index (χ0n) is 11.8. The van der Waals surface area contributed by atoms with Crippen LogP contribution in [0.25, 0.3) is 0 Å². The molecule has 1 amide bonds. The van der Waals surface area contributed by atoms with Gasteiger partial charge < -0.3 is 20.9 Å². The number of carbonyl (C=O) groups excluding carboxylic acids is 1. The van der Waals surface area contributed by atoms with E-state index in [1.165, 1.54) is 6.92 Å². The van der Waals surface area contributed by atoms with Crippen molar-refractivity contribution in [3.63, 3.8) is 0 Å². The summed E-state index contributed by atoms with van der Waals surface area (Å²) in [4.78, 5) is 11.4. The predicted molar refractivity (Wildman–Crippen MR) is 77.3 cm³/mol.